The van der Waals surface area contributed by atoms with E-state index in [4.69, 9.17) is 9.84 Å². The van der Waals surface area contributed by atoms with E-state index in [9.17, 15) is 14.0 Å². The van der Waals surface area contributed by atoms with E-state index in [1.165, 1.54) is 35.4 Å². The van der Waals surface area contributed by atoms with Crippen molar-refractivity contribution in [1.82, 2.24) is 20.1 Å². The predicted molar refractivity (Wildman–Crippen MR) is 106 cm³/mol. The third-order valence-electron chi connectivity index (χ3n) is 4.55. The lowest BCUT2D eigenvalue weighted by atomic mass is 10.2. The highest BCUT2D eigenvalue weighted by Crippen LogP contribution is 2.31. The van der Waals surface area contributed by atoms with Crippen LogP contribution >= 0.6 is 11.3 Å². The van der Waals surface area contributed by atoms with Crippen molar-refractivity contribution >= 4 is 29.2 Å². The molecule has 1 aliphatic rings. The Hall–Kier alpha value is -3.60. The second-order valence-corrected chi connectivity index (χ2v) is 7.57. The lowest BCUT2D eigenvalue weighted by Gasteiger charge is -2.19. The van der Waals surface area contributed by atoms with E-state index in [0.29, 0.717) is 16.4 Å². The molecule has 1 aromatic carbocycles. The quantitative estimate of drug-likeness (QED) is 0.663. The number of aromatic nitrogens is 3. The van der Waals surface area contributed by atoms with Crippen LogP contribution in [0.2, 0.25) is 0 Å². The van der Waals surface area contributed by atoms with Crippen LogP contribution in [0.1, 0.15) is 10.7 Å². The van der Waals surface area contributed by atoms with Gasteiger partial charge >= 0.3 is 12.2 Å². The molecule has 2 aromatic heterocycles. The molecule has 154 valence electrons. The standard InChI is InChI=1S/C19H16FN5O4S/c1-24(18(26)27)16-10-25(19(28)29-16)12-5-6-13(14(20)9-12)17-23-22-15(30-17)8-11-4-2-3-7-21-11/h2-7,9,16H,8,10H2,1H3,(H,26,27). The van der Waals surface area contributed by atoms with Gasteiger partial charge in [0, 0.05) is 30.9 Å². The maximum absolute atomic E-state index is 14.8. The zero-order valence-electron chi connectivity index (χ0n) is 15.7. The maximum Gasteiger partial charge on any atom is 0.416 e. The molecule has 1 fully saturated rings. The van der Waals surface area contributed by atoms with Crippen LogP contribution in [0.25, 0.3) is 10.6 Å². The third-order valence-corrected chi connectivity index (χ3v) is 5.51. The van der Waals surface area contributed by atoms with E-state index in [1.54, 1.807) is 12.3 Å². The fourth-order valence-electron chi connectivity index (χ4n) is 2.92. The summed E-state index contributed by atoms with van der Waals surface area (Å²) in [5.74, 6) is -0.573. The highest BCUT2D eigenvalue weighted by atomic mass is 32.1. The van der Waals surface area contributed by atoms with Crippen molar-refractivity contribution in [2.24, 2.45) is 0 Å². The number of rotatable bonds is 5. The monoisotopic (exact) mass is 429 g/mol. The molecule has 0 bridgehead atoms. The first-order valence-corrected chi connectivity index (χ1v) is 9.70. The van der Waals surface area contributed by atoms with E-state index in [-0.39, 0.29) is 17.8 Å². The van der Waals surface area contributed by atoms with E-state index in [2.05, 4.69) is 15.2 Å². The molecule has 0 spiro atoms. The second kappa shape index (κ2) is 8.03. The number of anilines is 1. The Labute approximate surface area is 174 Å². The summed E-state index contributed by atoms with van der Waals surface area (Å²) in [5, 5.41) is 18.3. The fraction of sp³-hybridized carbons (Fsp3) is 0.211. The number of carboxylic acid groups (broad SMARTS) is 1. The van der Waals surface area contributed by atoms with Gasteiger partial charge in [0.15, 0.2) is 11.2 Å². The van der Waals surface area contributed by atoms with Gasteiger partial charge in [0.25, 0.3) is 0 Å². The molecule has 11 heteroatoms. The number of hydrogen-bond donors (Lipinski definition) is 1. The van der Waals surface area contributed by atoms with Gasteiger partial charge in [-0.05, 0) is 30.3 Å². The van der Waals surface area contributed by atoms with Gasteiger partial charge < -0.3 is 9.84 Å². The number of halogens is 1. The highest BCUT2D eigenvalue weighted by Gasteiger charge is 2.37. The van der Waals surface area contributed by atoms with Crippen LogP contribution in [0, 0.1) is 5.82 Å². The molecule has 1 saturated heterocycles. The summed E-state index contributed by atoms with van der Waals surface area (Å²) in [6.07, 6.45) is -0.744. The minimum atomic E-state index is -1.23. The van der Waals surface area contributed by atoms with Gasteiger partial charge in [0.2, 0.25) is 0 Å². The van der Waals surface area contributed by atoms with Crippen LogP contribution in [0.5, 0.6) is 0 Å². The normalized spacial score (nSPS) is 15.9. The number of hydrogen-bond acceptors (Lipinski definition) is 7. The van der Waals surface area contributed by atoms with E-state index < -0.39 is 24.2 Å². The van der Waals surface area contributed by atoms with E-state index in [1.807, 2.05) is 18.2 Å². The molecule has 0 aliphatic carbocycles. The van der Waals surface area contributed by atoms with Gasteiger partial charge in [0.1, 0.15) is 10.8 Å². The summed E-state index contributed by atoms with van der Waals surface area (Å²) in [6.45, 7) is -0.0343. The number of pyridine rings is 1. The van der Waals surface area contributed by atoms with Crippen molar-refractivity contribution in [3.63, 3.8) is 0 Å². The molecule has 1 unspecified atom stereocenters. The van der Waals surface area contributed by atoms with Crippen LogP contribution < -0.4 is 4.90 Å². The smallest absolute Gasteiger partial charge is 0.416 e. The van der Waals surface area contributed by atoms with Crippen LogP contribution in [-0.4, -0.2) is 57.2 Å². The van der Waals surface area contributed by atoms with Crippen LogP contribution in [0.4, 0.5) is 19.7 Å². The van der Waals surface area contributed by atoms with Gasteiger partial charge in [0.05, 0.1) is 12.2 Å². The summed E-state index contributed by atoms with van der Waals surface area (Å²) in [7, 11) is 1.30. The van der Waals surface area contributed by atoms with Crippen molar-refractivity contribution < 1.29 is 23.8 Å². The Morgan fingerprint density at radius 1 is 1.37 bits per heavy atom. The Bertz CT molecular complexity index is 1090. The molecular weight excluding hydrogens is 413 g/mol. The van der Waals surface area contributed by atoms with Crippen LogP contribution in [0.3, 0.4) is 0 Å². The first-order chi connectivity index (χ1) is 14.4. The fourth-order valence-corrected chi connectivity index (χ4v) is 3.80. The molecule has 30 heavy (non-hydrogen) atoms. The minimum Gasteiger partial charge on any atom is -0.465 e. The summed E-state index contributed by atoms with van der Waals surface area (Å²) < 4.78 is 19.8. The topological polar surface area (TPSA) is 109 Å². The number of nitrogens with zero attached hydrogens (tertiary/aromatic N) is 5. The average Bonchev–Trinajstić information content (AvgIpc) is 3.34. The summed E-state index contributed by atoms with van der Waals surface area (Å²) >= 11 is 1.26. The van der Waals surface area contributed by atoms with Gasteiger partial charge in [-0.2, -0.15) is 0 Å². The number of likely N-dealkylation sites (N-methyl/N-ethyl adjacent to an activating group) is 1. The number of ether oxygens (including phenoxy) is 1. The number of cyclic esters (lactones) is 1. The molecule has 4 rings (SSSR count). The molecule has 1 aliphatic heterocycles. The Kier molecular flexibility index (Phi) is 5.27. The van der Waals surface area contributed by atoms with Crippen molar-refractivity contribution in [3.8, 4) is 10.6 Å². The van der Waals surface area contributed by atoms with Gasteiger partial charge in [-0.3, -0.25) is 14.8 Å². The Morgan fingerprint density at radius 2 is 2.20 bits per heavy atom. The van der Waals surface area contributed by atoms with Crippen molar-refractivity contribution in [2.45, 2.75) is 12.6 Å². The average molecular weight is 429 g/mol. The molecule has 0 saturated carbocycles. The molecule has 9 nitrogen and oxygen atoms in total. The number of carbonyl (C=O) groups is 2. The molecular formula is C19H16FN5O4S. The summed E-state index contributed by atoms with van der Waals surface area (Å²) in [4.78, 5) is 29.4. The van der Waals surface area contributed by atoms with E-state index >= 15 is 0 Å². The molecule has 1 atom stereocenters. The Balaban J connectivity index is 1.51. The zero-order valence-corrected chi connectivity index (χ0v) is 16.5. The summed E-state index contributed by atoms with van der Waals surface area (Å²) in [5.41, 5.74) is 1.36. The zero-order chi connectivity index (χ0) is 21.3. The predicted octanol–water partition coefficient (Wildman–Crippen LogP) is 3.22. The molecule has 1 N–H and O–H groups in total. The molecule has 0 radical (unpaired) electrons. The number of carbonyl (C=O) groups excluding carboxylic acids is 1. The molecule has 3 aromatic rings. The maximum atomic E-state index is 14.8. The van der Waals surface area contributed by atoms with Gasteiger partial charge in [-0.1, -0.05) is 17.4 Å². The molecule has 3 heterocycles. The summed E-state index contributed by atoms with van der Waals surface area (Å²) in [6, 6.07) is 9.84. The first-order valence-electron chi connectivity index (χ1n) is 8.88. The highest BCUT2D eigenvalue weighted by molar-refractivity contribution is 7.14. The van der Waals surface area contributed by atoms with Gasteiger partial charge in [-0.15, -0.1) is 10.2 Å². The van der Waals surface area contributed by atoms with E-state index in [0.717, 1.165) is 10.6 Å². The van der Waals surface area contributed by atoms with Crippen molar-refractivity contribution in [3.05, 3.63) is 59.1 Å². The largest absolute Gasteiger partial charge is 0.465 e. The molecule has 2 amide bonds. The van der Waals surface area contributed by atoms with Crippen molar-refractivity contribution in [2.75, 3.05) is 18.5 Å². The second-order valence-electron chi connectivity index (χ2n) is 6.51. The lowest BCUT2D eigenvalue weighted by Crippen LogP contribution is -2.38. The van der Waals surface area contributed by atoms with Crippen LogP contribution in [0.15, 0.2) is 42.6 Å². The lowest BCUT2D eigenvalue weighted by molar-refractivity contribution is 0.0415. The number of benzene rings is 1. The third kappa shape index (κ3) is 3.92. The SMILES string of the molecule is CN(C(=O)O)C1CN(c2ccc(-c3nnc(Cc4ccccn4)s3)c(F)c2)C(=O)O1. The van der Waals surface area contributed by atoms with Crippen LogP contribution in [-0.2, 0) is 11.2 Å². The first kappa shape index (κ1) is 19.7. The Morgan fingerprint density at radius 3 is 2.90 bits per heavy atom. The number of amides is 2. The van der Waals surface area contributed by atoms with Gasteiger partial charge in [-0.25, -0.2) is 14.0 Å². The van der Waals surface area contributed by atoms with Crippen molar-refractivity contribution in [1.29, 1.82) is 0 Å². The minimum absolute atomic E-state index is 0.0343.